The molecule has 0 aromatic carbocycles. The summed E-state index contributed by atoms with van der Waals surface area (Å²) in [5.74, 6) is -4.51. The number of aliphatic hydroxyl groups excluding tert-OH is 4. The van der Waals surface area contributed by atoms with Crippen molar-refractivity contribution in [1.29, 1.82) is 0 Å². The van der Waals surface area contributed by atoms with E-state index in [1.165, 1.54) is 0 Å². The molecule has 0 spiro atoms. The number of methoxy groups -OCH3 is 1. The Morgan fingerprint density at radius 1 is 1.48 bits per heavy atom. The molecule has 23 heavy (non-hydrogen) atoms. The zero-order valence-corrected chi connectivity index (χ0v) is 12.5. The van der Waals surface area contributed by atoms with Gasteiger partial charge in [-0.05, 0) is 0 Å². The lowest BCUT2D eigenvalue weighted by Gasteiger charge is -2.45. The van der Waals surface area contributed by atoms with Gasteiger partial charge in [-0.3, -0.25) is 4.79 Å². The Morgan fingerprint density at radius 2 is 2.09 bits per heavy atom. The van der Waals surface area contributed by atoms with Crippen LogP contribution in [0.25, 0.3) is 0 Å². The molecular formula is C12H22N2O9. The van der Waals surface area contributed by atoms with Crippen molar-refractivity contribution in [3.8, 4) is 0 Å². The molecule has 0 aliphatic carbocycles. The topological polar surface area (TPSA) is 192 Å². The van der Waals surface area contributed by atoms with E-state index in [1.54, 1.807) is 0 Å². The number of carbonyl (C=O) groups is 2. The fourth-order valence-electron chi connectivity index (χ4n) is 2.30. The zero-order valence-electron chi connectivity index (χ0n) is 12.5. The molecule has 1 saturated heterocycles. The second-order valence-electron chi connectivity index (χ2n) is 5.17. The third-order valence-electron chi connectivity index (χ3n) is 3.52. The molecule has 11 heteroatoms. The van der Waals surface area contributed by atoms with Crippen molar-refractivity contribution in [3.05, 3.63) is 0 Å². The van der Waals surface area contributed by atoms with Gasteiger partial charge in [0.1, 0.15) is 18.3 Å². The largest absolute Gasteiger partial charge is 0.465 e. The smallest absolute Gasteiger partial charge is 0.366 e. The summed E-state index contributed by atoms with van der Waals surface area (Å²) >= 11 is 0. The first-order chi connectivity index (χ1) is 10.7. The number of aliphatic hydroxyl groups is 5. The molecule has 1 heterocycles. The molecule has 0 bridgehead atoms. The van der Waals surface area contributed by atoms with Gasteiger partial charge in [0, 0.05) is 6.42 Å². The highest BCUT2D eigenvalue weighted by Crippen LogP contribution is 2.31. The summed E-state index contributed by atoms with van der Waals surface area (Å²) in [6.07, 6.45) is -7.30. The minimum absolute atomic E-state index is 0.421. The number of nitrogens with one attached hydrogen (secondary N) is 1. The van der Waals surface area contributed by atoms with E-state index < -0.39 is 67.7 Å². The van der Waals surface area contributed by atoms with Crippen LogP contribution in [0.1, 0.15) is 6.42 Å². The lowest BCUT2D eigenvalue weighted by molar-refractivity contribution is -0.296. The molecule has 1 rings (SSSR count). The second-order valence-corrected chi connectivity index (χ2v) is 5.17. The van der Waals surface area contributed by atoms with Gasteiger partial charge in [-0.25, -0.2) is 4.79 Å². The fraction of sp³-hybridized carbons (Fsp3) is 0.833. The highest BCUT2D eigenvalue weighted by atomic mass is 16.7. The van der Waals surface area contributed by atoms with E-state index >= 15 is 0 Å². The van der Waals surface area contributed by atoms with E-state index in [9.17, 15) is 30.0 Å². The van der Waals surface area contributed by atoms with Crippen LogP contribution in [-0.2, 0) is 19.1 Å². The van der Waals surface area contributed by atoms with E-state index in [1.807, 2.05) is 0 Å². The number of nitrogens with two attached hydrogens (primary N) is 1. The van der Waals surface area contributed by atoms with Gasteiger partial charge >= 0.3 is 5.97 Å². The molecule has 6 atom stereocenters. The van der Waals surface area contributed by atoms with Gasteiger partial charge in [0.15, 0.2) is 0 Å². The summed E-state index contributed by atoms with van der Waals surface area (Å²) in [6, 6.07) is -1.29. The average molecular weight is 338 g/mol. The Bertz CT molecular complexity index is 435. The molecule has 0 radical (unpaired) electrons. The number of ether oxygens (including phenoxy) is 2. The first-order valence-corrected chi connectivity index (χ1v) is 6.83. The molecule has 0 saturated carbocycles. The maximum Gasteiger partial charge on any atom is 0.366 e. The molecular weight excluding hydrogens is 316 g/mol. The molecule has 0 aromatic rings. The fourth-order valence-corrected chi connectivity index (χ4v) is 2.30. The first-order valence-electron chi connectivity index (χ1n) is 6.83. The van der Waals surface area contributed by atoms with Crippen LogP contribution in [0.2, 0.25) is 0 Å². The van der Waals surface area contributed by atoms with Crippen LogP contribution in [-0.4, -0.2) is 93.9 Å². The predicted octanol–water partition coefficient (Wildman–Crippen LogP) is -4.84. The maximum atomic E-state index is 11.6. The molecule has 8 N–H and O–H groups in total. The standard InChI is InChI=1S/C12H22N2O9/c1-22-11(20)12(21)2-5(16)8(14-7(18)3-13)10(23-12)9(19)6(17)4-15/h5-6,8-10,15-17,19,21H,2-4,13H2,1H3,(H,14,18)/t5-,6+,8+,9+,10+,12-/m0/s1. The van der Waals surface area contributed by atoms with Crippen LogP contribution >= 0.6 is 0 Å². The minimum atomic E-state index is -2.58. The zero-order chi connectivity index (χ0) is 17.8. The van der Waals surface area contributed by atoms with Crippen LogP contribution in [0.15, 0.2) is 0 Å². The number of hydrogen-bond acceptors (Lipinski definition) is 10. The molecule has 1 fully saturated rings. The quantitative estimate of drug-likeness (QED) is 0.231. The summed E-state index contributed by atoms with van der Waals surface area (Å²) in [5.41, 5.74) is 5.16. The van der Waals surface area contributed by atoms with Crippen molar-refractivity contribution in [2.45, 2.75) is 42.7 Å². The van der Waals surface area contributed by atoms with E-state index in [4.69, 9.17) is 15.6 Å². The average Bonchev–Trinajstić information content (AvgIpc) is 2.54. The highest BCUT2D eigenvalue weighted by Gasteiger charge is 2.54. The summed E-state index contributed by atoms with van der Waals surface area (Å²) in [5, 5.41) is 51.0. The van der Waals surface area contributed by atoms with Gasteiger partial charge in [-0.15, -0.1) is 0 Å². The Balaban J connectivity index is 3.10. The van der Waals surface area contributed by atoms with Gasteiger partial charge in [0.05, 0.1) is 32.4 Å². The van der Waals surface area contributed by atoms with Crippen LogP contribution in [0.3, 0.4) is 0 Å². The second kappa shape index (κ2) is 7.97. The van der Waals surface area contributed by atoms with Crippen molar-refractivity contribution < 1.29 is 44.6 Å². The Morgan fingerprint density at radius 3 is 2.57 bits per heavy atom. The van der Waals surface area contributed by atoms with Gasteiger partial charge in [-0.2, -0.15) is 0 Å². The SMILES string of the molecule is COC(=O)[C@]1(O)C[C@H](O)[C@@H](NC(=O)CN)[C@H]([C@H](O)[C@H](O)CO)O1. The Labute approximate surface area is 131 Å². The normalized spacial score (nSPS) is 33.6. The van der Waals surface area contributed by atoms with Gasteiger partial charge in [0.25, 0.3) is 5.79 Å². The van der Waals surface area contributed by atoms with Crippen molar-refractivity contribution in [2.24, 2.45) is 5.73 Å². The summed E-state index contributed by atoms with van der Waals surface area (Å²) in [7, 11) is 0.979. The van der Waals surface area contributed by atoms with Gasteiger partial charge in [0.2, 0.25) is 5.91 Å². The third kappa shape index (κ3) is 4.35. The lowest BCUT2D eigenvalue weighted by Crippen LogP contribution is -2.67. The van der Waals surface area contributed by atoms with E-state index in [2.05, 4.69) is 10.1 Å². The van der Waals surface area contributed by atoms with Crippen LogP contribution in [0.4, 0.5) is 0 Å². The van der Waals surface area contributed by atoms with Crippen molar-refractivity contribution in [1.82, 2.24) is 5.32 Å². The van der Waals surface area contributed by atoms with E-state index in [0.29, 0.717) is 0 Å². The highest BCUT2D eigenvalue weighted by molar-refractivity contribution is 5.79. The van der Waals surface area contributed by atoms with Crippen LogP contribution < -0.4 is 11.1 Å². The molecule has 1 amide bonds. The maximum absolute atomic E-state index is 11.6. The minimum Gasteiger partial charge on any atom is -0.465 e. The molecule has 0 unspecified atom stereocenters. The molecule has 11 nitrogen and oxygen atoms in total. The molecule has 1 aliphatic heterocycles. The molecule has 1 aliphatic rings. The monoisotopic (exact) mass is 338 g/mol. The molecule has 0 aromatic heterocycles. The van der Waals surface area contributed by atoms with E-state index in [-0.39, 0.29) is 0 Å². The number of amides is 1. The van der Waals surface area contributed by atoms with E-state index in [0.717, 1.165) is 7.11 Å². The van der Waals surface area contributed by atoms with Crippen molar-refractivity contribution in [2.75, 3.05) is 20.3 Å². The molecule has 134 valence electrons. The van der Waals surface area contributed by atoms with Crippen molar-refractivity contribution in [3.63, 3.8) is 0 Å². The first kappa shape index (κ1) is 19.7. The number of hydrogen-bond donors (Lipinski definition) is 7. The van der Waals surface area contributed by atoms with Crippen LogP contribution in [0.5, 0.6) is 0 Å². The lowest BCUT2D eigenvalue weighted by atomic mass is 9.88. The number of rotatable bonds is 6. The summed E-state index contributed by atoms with van der Waals surface area (Å²) in [4.78, 5) is 23.1. The predicted molar refractivity (Wildman–Crippen MR) is 72.5 cm³/mol. The number of carbonyl (C=O) groups excluding carboxylic acids is 2. The summed E-state index contributed by atoms with van der Waals surface area (Å²) < 4.78 is 9.45. The number of esters is 1. The summed E-state index contributed by atoms with van der Waals surface area (Å²) in [6.45, 7) is -1.28. The van der Waals surface area contributed by atoms with Gasteiger partial charge < -0.3 is 46.1 Å². The third-order valence-corrected chi connectivity index (χ3v) is 3.52. The Kier molecular flexibility index (Phi) is 6.83. The van der Waals surface area contributed by atoms with Crippen molar-refractivity contribution >= 4 is 11.9 Å². The van der Waals surface area contributed by atoms with Crippen LogP contribution in [0, 0.1) is 0 Å². The Hall–Kier alpha value is -1.34. The van der Waals surface area contributed by atoms with Gasteiger partial charge in [-0.1, -0.05) is 0 Å².